The van der Waals surface area contributed by atoms with E-state index < -0.39 is 4.92 Å². The highest BCUT2D eigenvalue weighted by Crippen LogP contribution is 2.19. The molecule has 3 aromatic rings. The van der Waals surface area contributed by atoms with Crippen LogP contribution in [-0.2, 0) is 0 Å². The normalized spacial score (nSPS) is 10.5. The molecule has 0 unspecified atom stereocenters. The lowest BCUT2D eigenvalue weighted by molar-refractivity contribution is -0.384. The predicted molar refractivity (Wildman–Crippen MR) is 94.5 cm³/mol. The first-order valence-electron chi connectivity index (χ1n) is 7.64. The number of nitro benzene ring substituents is 1. The summed E-state index contributed by atoms with van der Waals surface area (Å²) in [4.78, 5) is 22.3. The van der Waals surface area contributed by atoms with Crippen molar-refractivity contribution >= 4 is 27.9 Å². The number of nitro groups is 1. The highest BCUT2D eigenvalue weighted by atomic mass is 16.6. The van der Waals surface area contributed by atoms with Gasteiger partial charge in [0.05, 0.1) is 4.92 Å². The number of hydrogen-bond donors (Lipinski definition) is 1. The number of rotatable bonds is 6. The molecular weight excluding hydrogens is 304 g/mol. The number of anilines is 1. The maximum Gasteiger partial charge on any atom is 0.269 e. The van der Waals surface area contributed by atoms with Crippen molar-refractivity contribution in [2.75, 3.05) is 11.9 Å². The summed E-state index contributed by atoms with van der Waals surface area (Å²) in [5.41, 5.74) is 1.44. The van der Waals surface area contributed by atoms with Gasteiger partial charge < -0.3 is 5.32 Å². The first-order valence-corrected chi connectivity index (χ1v) is 7.64. The van der Waals surface area contributed by atoms with Crippen LogP contribution in [0, 0.1) is 10.1 Å². The van der Waals surface area contributed by atoms with Gasteiger partial charge in [-0.05, 0) is 35.0 Å². The summed E-state index contributed by atoms with van der Waals surface area (Å²) in [6, 6.07) is 19.9. The van der Waals surface area contributed by atoms with Gasteiger partial charge in [-0.3, -0.25) is 14.9 Å². The van der Waals surface area contributed by atoms with Crippen molar-refractivity contribution in [3.8, 4) is 0 Å². The zero-order valence-electron chi connectivity index (χ0n) is 12.9. The molecule has 0 amide bonds. The maximum absolute atomic E-state index is 12.1. The van der Waals surface area contributed by atoms with E-state index in [1.807, 2.05) is 36.4 Å². The Kier molecular flexibility index (Phi) is 4.52. The van der Waals surface area contributed by atoms with Crippen LogP contribution < -0.4 is 5.32 Å². The minimum atomic E-state index is -0.477. The number of fused-ring (bicyclic) bond motifs is 1. The average Bonchev–Trinajstić information content (AvgIpc) is 2.61. The van der Waals surface area contributed by atoms with Gasteiger partial charge in [-0.25, -0.2) is 0 Å². The molecule has 1 N–H and O–H groups in total. The van der Waals surface area contributed by atoms with E-state index in [0.29, 0.717) is 18.5 Å². The monoisotopic (exact) mass is 320 g/mol. The highest BCUT2D eigenvalue weighted by Gasteiger charge is 2.09. The molecule has 0 saturated carbocycles. The maximum atomic E-state index is 12.1. The Morgan fingerprint density at radius 2 is 1.67 bits per heavy atom. The molecule has 3 rings (SSSR count). The summed E-state index contributed by atoms with van der Waals surface area (Å²) in [6.45, 7) is 0.508. The van der Waals surface area contributed by atoms with Crippen LogP contribution in [-0.4, -0.2) is 17.3 Å². The summed E-state index contributed by atoms with van der Waals surface area (Å²) in [6.07, 6.45) is 0.324. The van der Waals surface area contributed by atoms with E-state index >= 15 is 0 Å². The Balaban J connectivity index is 1.58. The van der Waals surface area contributed by atoms with E-state index in [4.69, 9.17) is 0 Å². The van der Waals surface area contributed by atoms with Gasteiger partial charge in [0.25, 0.3) is 5.69 Å². The molecule has 0 fully saturated rings. The molecule has 0 spiro atoms. The molecule has 0 bridgehead atoms. The smallest absolute Gasteiger partial charge is 0.269 e. The third kappa shape index (κ3) is 3.57. The molecule has 24 heavy (non-hydrogen) atoms. The van der Waals surface area contributed by atoms with Crippen molar-refractivity contribution in [2.24, 2.45) is 0 Å². The summed E-state index contributed by atoms with van der Waals surface area (Å²) < 4.78 is 0. The van der Waals surface area contributed by atoms with Gasteiger partial charge in [0.1, 0.15) is 0 Å². The van der Waals surface area contributed by atoms with Gasteiger partial charge in [0.2, 0.25) is 0 Å². The standard InChI is InChI=1S/C19H16N2O3/c22-19(15-6-9-18(10-7-15)21(23)24)11-12-20-17-8-5-14-3-1-2-4-16(14)13-17/h1-10,13,20H,11-12H2. The Hall–Kier alpha value is -3.21. The number of Topliss-reactive ketones (excluding diaryl/α,β-unsaturated/α-hetero) is 1. The number of hydrogen-bond acceptors (Lipinski definition) is 4. The Bertz CT molecular complexity index is 889. The lowest BCUT2D eigenvalue weighted by Gasteiger charge is -2.07. The van der Waals surface area contributed by atoms with Gasteiger partial charge in [0, 0.05) is 36.3 Å². The molecule has 120 valence electrons. The zero-order valence-corrected chi connectivity index (χ0v) is 12.9. The SMILES string of the molecule is O=C(CCNc1ccc2ccccc2c1)c1ccc([N+](=O)[O-])cc1. The lowest BCUT2D eigenvalue weighted by atomic mass is 10.1. The third-order valence-electron chi connectivity index (χ3n) is 3.83. The fraction of sp³-hybridized carbons (Fsp3) is 0.105. The fourth-order valence-corrected chi connectivity index (χ4v) is 2.53. The van der Waals surface area contributed by atoms with Crippen molar-refractivity contribution in [1.29, 1.82) is 0 Å². The van der Waals surface area contributed by atoms with Gasteiger partial charge in [-0.2, -0.15) is 0 Å². The first-order chi connectivity index (χ1) is 11.6. The number of nitrogens with zero attached hydrogens (tertiary/aromatic N) is 1. The van der Waals surface area contributed by atoms with Crippen molar-refractivity contribution in [3.63, 3.8) is 0 Å². The van der Waals surface area contributed by atoms with Crippen molar-refractivity contribution in [1.82, 2.24) is 0 Å². The summed E-state index contributed by atoms with van der Waals surface area (Å²) in [5.74, 6) is -0.0433. The molecule has 0 saturated heterocycles. The predicted octanol–water partition coefficient (Wildman–Crippen LogP) is 4.43. The Labute approximate surface area is 139 Å². The largest absolute Gasteiger partial charge is 0.385 e. The second-order valence-electron chi connectivity index (χ2n) is 5.47. The molecule has 0 aliphatic rings. The number of nitrogens with one attached hydrogen (secondary N) is 1. The molecule has 5 nitrogen and oxygen atoms in total. The summed E-state index contributed by atoms with van der Waals surface area (Å²) in [7, 11) is 0. The number of carbonyl (C=O) groups is 1. The van der Waals surface area contributed by atoms with Gasteiger partial charge in [-0.15, -0.1) is 0 Å². The topological polar surface area (TPSA) is 72.2 Å². The zero-order chi connectivity index (χ0) is 16.9. The summed E-state index contributed by atoms with van der Waals surface area (Å²) in [5, 5.41) is 16.2. The number of ketones is 1. The third-order valence-corrected chi connectivity index (χ3v) is 3.83. The lowest BCUT2D eigenvalue weighted by Crippen LogP contribution is -2.08. The van der Waals surface area contributed by atoms with E-state index in [9.17, 15) is 14.9 Å². The second-order valence-corrected chi connectivity index (χ2v) is 5.47. The average molecular weight is 320 g/mol. The van der Waals surface area contributed by atoms with Crippen LogP contribution in [0.1, 0.15) is 16.8 Å². The Morgan fingerprint density at radius 1 is 0.958 bits per heavy atom. The van der Waals surface area contributed by atoms with E-state index in [-0.39, 0.29) is 11.5 Å². The number of benzene rings is 3. The number of non-ortho nitro benzene ring substituents is 1. The van der Waals surface area contributed by atoms with Crippen LogP contribution >= 0.6 is 0 Å². The van der Waals surface area contributed by atoms with Crippen molar-refractivity contribution < 1.29 is 9.72 Å². The van der Waals surface area contributed by atoms with Gasteiger partial charge in [-0.1, -0.05) is 30.3 Å². The molecule has 0 heterocycles. The molecule has 3 aromatic carbocycles. The van der Waals surface area contributed by atoms with E-state index in [1.54, 1.807) is 0 Å². The molecule has 0 radical (unpaired) electrons. The van der Waals surface area contributed by atoms with Crippen molar-refractivity contribution in [2.45, 2.75) is 6.42 Å². The van der Waals surface area contributed by atoms with Crippen LogP contribution in [0.3, 0.4) is 0 Å². The van der Waals surface area contributed by atoms with Crippen LogP contribution in [0.15, 0.2) is 66.7 Å². The van der Waals surface area contributed by atoms with Gasteiger partial charge >= 0.3 is 0 Å². The number of carbonyl (C=O) groups excluding carboxylic acids is 1. The molecule has 0 atom stereocenters. The van der Waals surface area contributed by atoms with Crippen molar-refractivity contribution in [3.05, 3.63) is 82.4 Å². The van der Waals surface area contributed by atoms with E-state index in [2.05, 4.69) is 11.4 Å². The molecule has 0 aliphatic carbocycles. The van der Waals surface area contributed by atoms with Crippen LogP contribution in [0.4, 0.5) is 11.4 Å². The molecule has 0 aliphatic heterocycles. The molecule has 0 aromatic heterocycles. The Morgan fingerprint density at radius 3 is 2.38 bits per heavy atom. The van der Waals surface area contributed by atoms with Crippen LogP contribution in [0.5, 0.6) is 0 Å². The summed E-state index contributed by atoms with van der Waals surface area (Å²) >= 11 is 0. The van der Waals surface area contributed by atoms with E-state index in [0.717, 1.165) is 11.1 Å². The quantitative estimate of drug-likeness (QED) is 0.414. The molecular formula is C19H16N2O3. The minimum absolute atomic E-state index is 0.0131. The fourth-order valence-electron chi connectivity index (χ4n) is 2.53. The highest BCUT2D eigenvalue weighted by molar-refractivity contribution is 5.96. The van der Waals surface area contributed by atoms with Gasteiger partial charge in [0.15, 0.2) is 5.78 Å². The first kappa shape index (κ1) is 15.7. The minimum Gasteiger partial charge on any atom is -0.385 e. The van der Waals surface area contributed by atoms with Crippen LogP contribution in [0.25, 0.3) is 10.8 Å². The van der Waals surface area contributed by atoms with Crippen LogP contribution in [0.2, 0.25) is 0 Å². The second kappa shape index (κ2) is 6.91. The molecule has 5 heteroatoms. The van der Waals surface area contributed by atoms with E-state index in [1.165, 1.54) is 29.7 Å².